The Kier molecular flexibility index (Phi) is 5.48. The molecule has 0 bridgehead atoms. The lowest BCUT2D eigenvalue weighted by Crippen LogP contribution is -2.16. The van der Waals surface area contributed by atoms with E-state index in [0.717, 1.165) is 11.3 Å². The van der Waals surface area contributed by atoms with Crippen LogP contribution in [0.1, 0.15) is 5.69 Å². The number of ether oxygens (including phenoxy) is 1. The second-order valence-corrected chi connectivity index (χ2v) is 3.84. The summed E-state index contributed by atoms with van der Waals surface area (Å²) in [6.07, 6.45) is 0.710. The Balaban J connectivity index is 2.76. The molecule has 0 fully saturated rings. The van der Waals surface area contributed by atoms with Crippen molar-refractivity contribution in [2.75, 3.05) is 19.0 Å². The number of rotatable bonds is 6. The summed E-state index contributed by atoms with van der Waals surface area (Å²) in [5.74, 6) is -1.28. The van der Waals surface area contributed by atoms with Crippen LogP contribution < -0.4 is 5.32 Å². The first-order valence-corrected chi connectivity index (χ1v) is 5.81. The molecule has 0 aromatic carbocycles. The molecule has 0 atom stereocenters. The topological polar surface area (TPSA) is 110 Å². The van der Waals surface area contributed by atoms with Crippen molar-refractivity contribution in [2.24, 2.45) is 5.16 Å². The first-order chi connectivity index (χ1) is 9.08. The van der Waals surface area contributed by atoms with Crippen LogP contribution in [0.4, 0.5) is 9.93 Å². The van der Waals surface area contributed by atoms with E-state index in [4.69, 9.17) is 5.11 Å². The minimum Gasteiger partial charge on any atom is -0.476 e. The third-order valence-corrected chi connectivity index (χ3v) is 2.43. The van der Waals surface area contributed by atoms with Crippen LogP contribution in [0.3, 0.4) is 0 Å². The molecule has 19 heavy (non-hydrogen) atoms. The Hall–Kier alpha value is -2.42. The molecule has 2 N–H and O–H groups in total. The fourth-order valence-corrected chi connectivity index (χ4v) is 1.67. The quantitative estimate of drug-likeness (QED) is 0.463. The zero-order valence-electron chi connectivity index (χ0n) is 9.95. The van der Waals surface area contributed by atoms with Crippen molar-refractivity contribution in [1.82, 2.24) is 4.98 Å². The minimum atomic E-state index is -1.28. The minimum absolute atomic E-state index is 0.0651. The van der Waals surface area contributed by atoms with E-state index >= 15 is 0 Å². The van der Waals surface area contributed by atoms with Crippen molar-refractivity contribution in [2.45, 2.75) is 0 Å². The number of oxime groups is 1. The monoisotopic (exact) mass is 285 g/mol. The lowest BCUT2D eigenvalue weighted by Gasteiger charge is -2.00. The van der Waals surface area contributed by atoms with Crippen LogP contribution in [0.25, 0.3) is 0 Å². The molecule has 8 nitrogen and oxygen atoms in total. The molecule has 1 aromatic heterocycles. The van der Waals surface area contributed by atoms with Crippen LogP contribution in [0, 0.1) is 0 Å². The van der Waals surface area contributed by atoms with Gasteiger partial charge < -0.3 is 14.7 Å². The largest absolute Gasteiger partial charge is 0.476 e. The zero-order chi connectivity index (χ0) is 14.3. The maximum absolute atomic E-state index is 11.2. The molecule has 9 heteroatoms. The third kappa shape index (κ3) is 4.39. The zero-order valence-corrected chi connectivity index (χ0v) is 10.8. The molecule has 102 valence electrons. The Morgan fingerprint density at radius 2 is 2.42 bits per heavy atom. The molecule has 1 aromatic rings. The average molecular weight is 285 g/mol. The van der Waals surface area contributed by atoms with Crippen LogP contribution in [0.15, 0.2) is 23.2 Å². The van der Waals surface area contributed by atoms with Gasteiger partial charge in [0.2, 0.25) is 5.71 Å². The van der Waals surface area contributed by atoms with E-state index in [1.54, 1.807) is 0 Å². The van der Waals surface area contributed by atoms with Crippen molar-refractivity contribution in [3.8, 4) is 0 Å². The molecular formula is C10H11N3O5S. The van der Waals surface area contributed by atoms with Gasteiger partial charge in [-0.2, -0.15) is 0 Å². The van der Waals surface area contributed by atoms with Crippen molar-refractivity contribution in [3.05, 3.63) is 23.7 Å². The highest BCUT2D eigenvalue weighted by Gasteiger charge is 2.18. The molecule has 1 heterocycles. The normalized spacial score (nSPS) is 10.7. The molecule has 1 rings (SSSR count). The lowest BCUT2D eigenvalue weighted by molar-refractivity contribution is -0.129. The molecule has 0 aliphatic heterocycles. The SMILES string of the molecule is C=CCOC(=O)Nc1nc(/C(=N/OC)C(=O)O)cs1. The molecule has 0 saturated heterocycles. The van der Waals surface area contributed by atoms with E-state index in [9.17, 15) is 9.59 Å². The smallest absolute Gasteiger partial charge is 0.413 e. The summed E-state index contributed by atoms with van der Waals surface area (Å²) < 4.78 is 4.69. The van der Waals surface area contributed by atoms with E-state index < -0.39 is 12.1 Å². The van der Waals surface area contributed by atoms with Crippen molar-refractivity contribution < 1.29 is 24.3 Å². The van der Waals surface area contributed by atoms with E-state index in [0.29, 0.717) is 0 Å². The van der Waals surface area contributed by atoms with Gasteiger partial charge in [-0.25, -0.2) is 14.6 Å². The summed E-state index contributed by atoms with van der Waals surface area (Å²) in [6.45, 7) is 3.46. The van der Waals surface area contributed by atoms with Crippen molar-refractivity contribution in [1.29, 1.82) is 0 Å². The summed E-state index contributed by atoms with van der Waals surface area (Å²) in [5, 5.41) is 16.2. The molecule has 0 aliphatic rings. The van der Waals surface area contributed by atoms with Crippen LogP contribution in [-0.2, 0) is 14.4 Å². The lowest BCUT2D eigenvalue weighted by atomic mass is 10.3. The molecule has 0 radical (unpaired) electrons. The van der Waals surface area contributed by atoms with Gasteiger partial charge in [0.05, 0.1) is 0 Å². The van der Waals surface area contributed by atoms with E-state index in [1.807, 2.05) is 0 Å². The van der Waals surface area contributed by atoms with Gasteiger partial charge in [0.25, 0.3) is 0 Å². The highest BCUT2D eigenvalue weighted by molar-refractivity contribution is 7.14. The van der Waals surface area contributed by atoms with E-state index in [2.05, 4.69) is 31.6 Å². The molecule has 0 saturated carbocycles. The first-order valence-electron chi connectivity index (χ1n) is 4.93. The number of nitrogens with zero attached hydrogens (tertiary/aromatic N) is 2. The number of carboxylic acid groups (broad SMARTS) is 1. The second-order valence-electron chi connectivity index (χ2n) is 2.98. The highest BCUT2D eigenvalue weighted by atomic mass is 32.1. The van der Waals surface area contributed by atoms with E-state index in [1.165, 1.54) is 18.6 Å². The Morgan fingerprint density at radius 3 is 3.00 bits per heavy atom. The fourth-order valence-electron chi connectivity index (χ4n) is 0.985. The summed E-state index contributed by atoms with van der Waals surface area (Å²) in [4.78, 5) is 30.4. The number of aromatic nitrogens is 1. The predicted octanol–water partition coefficient (Wildman–Crippen LogP) is 1.31. The van der Waals surface area contributed by atoms with Gasteiger partial charge in [-0.3, -0.25) is 5.32 Å². The number of carboxylic acids is 1. The number of thiazole rings is 1. The average Bonchev–Trinajstić information content (AvgIpc) is 2.81. The Bertz CT molecular complexity index is 511. The van der Waals surface area contributed by atoms with Gasteiger partial charge in [0, 0.05) is 5.38 Å². The van der Waals surface area contributed by atoms with Gasteiger partial charge in [-0.05, 0) is 0 Å². The van der Waals surface area contributed by atoms with Crippen LogP contribution in [0.2, 0.25) is 0 Å². The summed E-state index contributed by atoms with van der Waals surface area (Å²) in [5.41, 5.74) is -0.273. The van der Waals surface area contributed by atoms with Gasteiger partial charge in [0.15, 0.2) is 5.13 Å². The van der Waals surface area contributed by atoms with E-state index in [-0.39, 0.29) is 23.1 Å². The summed E-state index contributed by atoms with van der Waals surface area (Å²) in [7, 11) is 1.22. The Labute approximate surface area is 112 Å². The number of hydrogen-bond donors (Lipinski definition) is 2. The molecule has 1 amide bonds. The number of amides is 1. The molecule has 0 spiro atoms. The number of carbonyl (C=O) groups excluding carboxylic acids is 1. The van der Waals surface area contributed by atoms with Gasteiger partial charge in [-0.1, -0.05) is 17.8 Å². The van der Waals surface area contributed by atoms with Gasteiger partial charge in [-0.15, -0.1) is 11.3 Å². The first kappa shape index (κ1) is 14.6. The number of anilines is 1. The predicted molar refractivity (Wildman–Crippen MR) is 68.5 cm³/mol. The maximum Gasteiger partial charge on any atom is 0.413 e. The van der Waals surface area contributed by atoms with Gasteiger partial charge >= 0.3 is 12.1 Å². The van der Waals surface area contributed by atoms with Crippen molar-refractivity contribution in [3.63, 3.8) is 0 Å². The second kappa shape index (κ2) is 7.11. The number of nitrogens with one attached hydrogen (secondary N) is 1. The number of aliphatic carboxylic acids is 1. The molecule has 0 aliphatic carbocycles. The Morgan fingerprint density at radius 1 is 1.68 bits per heavy atom. The molecular weight excluding hydrogens is 274 g/mol. The summed E-state index contributed by atoms with van der Waals surface area (Å²) >= 11 is 1.03. The van der Waals surface area contributed by atoms with Crippen LogP contribution in [0.5, 0.6) is 0 Å². The third-order valence-electron chi connectivity index (χ3n) is 1.67. The maximum atomic E-state index is 11.2. The van der Waals surface area contributed by atoms with Crippen LogP contribution >= 0.6 is 11.3 Å². The molecule has 0 unspecified atom stereocenters. The number of carbonyl (C=O) groups is 2. The summed E-state index contributed by atoms with van der Waals surface area (Å²) in [6, 6.07) is 0. The highest BCUT2D eigenvalue weighted by Crippen LogP contribution is 2.16. The van der Waals surface area contributed by atoms with Crippen LogP contribution in [-0.4, -0.2) is 41.6 Å². The fraction of sp³-hybridized carbons (Fsp3) is 0.200. The standard InChI is InChI=1S/C10H11N3O5S/c1-3-4-18-10(16)12-9-11-6(5-19-9)7(8(14)15)13-17-2/h3,5H,1,4H2,2H3,(H,14,15)(H,11,12,16)/b13-7-. The van der Waals surface area contributed by atoms with Crippen molar-refractivity contribution >= 4 is 34.2 Å². The van der Waals surface area contributed by atoms with Gasteiger partial charge in [0.1, 0.15) is 19.4 Å². The number of hydrogen-bond acceptors (Lipinski definition) is 7.